The van der Waals surface area contributed by atoms with Crippen LogP contribution < -0.4 is 10.6 Å². The van der Waals surface area contributed by atoms with Crippen LogP contribution in [-0.2, 0) is 4.74 Å². The summed E-state index contributed by atoms with van der Waals surface area (Å²) in [4.78, 5) is 12.9. The van der Waals surface area contributed by atoms with Crippen LogP contribution in [0.3, 0.4) is 0 Å². The van der Waals surface area contributed by atoms with Crippen LogP contribution >= 0.6 is 0 Å². The largest absolute Gasteiger partial charge is 0.478 e. The molecule has 0 bridgehead atoms. The number of rotatable bonds is 7. The van der Waals surface area contributed by atoms with Crippen LogP contribution in [0.1, 0.15) is 10.4 Å². The molecule has 0 unspecified atom stereocenters. The van der Waals surface area contributed by atoms with Crippen LogP contribution in [0.5, 0.6) is 0 Å². The molecule has 0 aliphatic carbocycles. The summed E-state index contributed by atoms with van der Waals surface area (Å²) >= 11 is 0. The van der Waals surface area contributed by atoms with Crippen LogP contribution in [0.2, 0.25) is 0 Å². The van der Waals surface area contributed by atoms with Gasteiger partial charge in [0, 0.05) is 25.9 Å². The van der Waals surface area contributed by atoms with Gasteiger partial charge in [-0.25, -0.2) is 4.79 Å². The molecule has 6 heteroatoms. The van der Waals surface area contributed by atoms with Gasteiger partial charge in [0.05, 0.1) is 24.5 Å². The number of hydrogen-bond donors (Lipinski definition) is 3. The average Bonchev–Trinajstić information content (AvgIpc) is 2.34. The third kappa shape index (κ3) is 3.61. The van der Waals surface area contributed by atoms with Gasteiger partial charge in [0.15, 0.2) is 0 Å². The molecule has 0 radical (unpaired) electrons. The highest BCUT2D eigenvalue weighted by Crippen LogP contribution is 2.23. The molecule has 1 rings (SSSR count). The normalized spacial score (nSPS) is 10.3. The van der Waals surface area contributed by atoms with Gasteiger partial charge in [-0.15, -0.1) is 0 Å². The Labute approximate surface area is 106 Å². The predicted octanol–water partition coefficient (Wildman–Crippen LogP) is 0.412. The molecule has 0 amide bonds. The number of aliphatic hydroxyl groups is 1. The van der Waals surface area contributed by atoms with Gasteiger partial charge in [-0.05, 0) is 18.2 Å². The zero-order valence-electron chi connectivity index (χ0n) is 10.3. The van der Waals surface area contributed by atoms with E-state index >= 15 is 0 Å². The molecule has 1 aromatic carbocycles. The second kappa shape index (κ2) is 6.83. The summed E-state index contributed by atoms with van der Waals surface area (Å²) in [5.41, 5.74) is 6.63. The van der Waals surface area contributed by atoms with Crippen LogP contribution in [0.4, 0.5) is 11.4 Å². The summed E-state index contributed by atoms with van der Waals surface area (Å²) in [6.07, 6.45) is 0. The van der Waals surface area contributed by atoms with Crippen molar-refractivity contribution in [2.24, 2.45) is 0 Å². The topological polar surface area (TPSA) is 96.0 Å². The standard InChI is InChI=1S/C12H18N2O4/c1-18-7-5-14(4-6-15)11-3-2-9(13)8-10(11)12(16)17/h2-3,8,15H,4-7,13H2,1H3,(H,16,17). The van der Waals surface area contributed by atoms with Gasteiger partial charge in [0.1, 0.15) is 0 Å². The first-order valence-corrected chi connectivity index (χ1v) is 5.57. The Morgan fingerprint density at radius 1 is 1.44 bits per heavy atom. The lowest BCUT2D eigenvalue weighted by Crippen LogP contribution is -2.31. The van der Waals surface area contributed by atoms with Gasteiger partial charge in [0.2, 0.25) is 0 Å². The Kier molecular flexibility index (Phi) is 5.41. The third-order valence-corrected chi connectivity index (χ3v) is 2.53. The fourth-order valence-corrected chi connectivity index (χ4v) is 1.68. The molecule has 0 aliphatic rings. The van der Waals surface area contributed by atoms with Crippen LogP contribution in [0, 0.1) is 0 Å². The molecule has 18 heavy (non-hydrogen) atoms. The van der Waals surface area contributed by atoms with Crippen molar-refractivity contribution in [2.45, 2.75) is 0 Å². The number of nitrogens with two attached hydrogens (primary N) is 1. The van der Waals surface area contributed by atoms with Crippen molar-refractivity contribution in [3.8, 4) is 0 Å². The van der Waals surface area contributed by atoms with E-state index in [1.165, 1.54) is 6.07 Å². The molecule has 0 spiro atoms. The van der Waals surface area contributed by atoms with Crippen LogP contribution in [0.25, 0.3) is 0 Å². The molecule has 0 aliphatic heterocycles. The number of methoxy groups -OCH3 is 1. The van der Waals surface area contributed by atoms with Crippen molar-refractivity contribution in [1.82, 2.24) is 0 Å². The molecule has 0 saturated heterocycles. The molecule has 0 saturated carbocycles. The van der Waals surface area contributed by atoms with Gasteiger partial charge < -0.3 is 25.6 Å². The highest BCUT2D eigenvalue weighted by molar-refractivity contribution is 5.95. The SMILES string of the molecule is COCCN(CCO)c1ccc(N)cc1C(=O)O. The number of aromatic carboxylic acids is 1. The minimum absolute atomic E-state index is 0.0624. The minimum Gasteiger partial charge on any atom is -0.478 e. The Morgan fingerprint density at radius 3 is 2.72 bits per heavy atom. The summed E-state index contributed by atoms with van der Waals surface area (Å²) in [6, 6.07) is 4.69. The lowest BCUT2D eigenvalue weighted by molar-refractivity contribution is 0.0697. The Morgan fingerprint density at radius 2 is 2.17 bits per heavy atom. The van der Waals surface area contributed by atoms with E-state index in [9.17, 15) is 4.79 Å². The van der Waals surface area contributed by atoms with Gasteiger partial charge in [-0.2, -0.15) is 0 Å². The Balaban J connectivity index is 3.05. The number of nitrogen functional groups attached to an aromatic ring is 1. The van der Waals surface area contributed by atoms with Gasteiger partial charge in [-0.1, -0.05) is 0 Å². The molecular weight excluding hydrogens is 236 g/mol. The number of carboxylic acid groups (broad SMARTS) is 1. The summed E-state index contributed by atoms with van der Waals surface area (Å²) in [6.45, 7) is 1.23. The van der Waals surface area contributed by atoms with E-state index in [0.29, 0.717) is 31.1 Å². The molecule has 0 atom stereocenters. The number of ether oxygens (including phenoxy) is 1. The molecule has 6 nitrogen and oxygen atoms in total. The van der Waals surface area contributed by atoms with Crippen molar-refractivity contribution in [2.75, 3.05) is 44.0 Å². The minimum atomic E-state index is -1.04. The third-order valence-electron chi connectivity index (χ3n) is 2.53. The second-order valence-electron chi connectivity index (χ2n) is 3.79. The van der Waals surface area contributed by atoms with Crippen LogP contribution in [0.15, 0.2) is 18.2 Å². The summed E-state index contributed by atoms with van der Waals surface area (Å²) in [5.74, 6) is -1.04. The first-order valence-electron chi connectivity index (χ1n) is 5.57. The fraction of sp³-hybridized carbons (Fsp3) is 0.417. The molecule has 0 heterocycles. The summed E-state index contributed by atoms with van der Waals surface area (Å²) in [5, 5.41) is 18.2. The highest BCUT2D eigenvalue weighted by Gasteiger charge is 2.16. The molecule has 4 N–H and O–H groups in total. The van der Waals surface area contributed by atoms with Crippen LogP contribution in [-0.4, -0.2) is 49.6 Å². The van der Waals surface area contributed by atoms with Gasteiger partial charge >= 0.3 is 5.97 Å². The number of carboxylic acids is 1. The summed E-state index contributed by atoms with van der Waals surface area (Å²) < 4.78 is 4.97. The monoisotopic (exact) mass is 254 g/mol. The van der Waals surface area contributed by atoms with E-state index in [-0.39, 0.29) is 12.2 Å². The zero-order chi connectivity index (χ0) is 13.5. The number of aliphatic hydroxyl groups excluding tert-OH is 1. The Hall–Kier alpha value is -1.79. The molecule has 0 aromatic heterocycles. The number of nitrogens with zero attached hydrogens (tertiary/aromatic N) is 1. The van der Waals surface area contributed by atoms with Crippen molar-refractivity contribution in [3.63, 3.8) is 0 Å². The van der Waals surface area contributed by atoms with Crippen molar-refractivity contribution in [3.05, 3.63) is 23.8 Å². The number of hydrogen-bond acceptors (Lipinski definition) is 5. The molecular formula is C12H18N2O4. The van der Waals surface area contributed by atoms with E-state index in [2.05, 4.69) is 0 Å². The van der Waals surface area contributed by atoms with E-state index in [1.807, 2.05) is 0 Å². The molecule has 0 fully saturated rings. The van der Waals surface area contributed by atoms with Crippen molar-refractivity contribution >= 4 is 17.3 Å². The van der Waals surface area contributed by atoms with E-state index in [1.54, 1.807) is 24.1 Å². The zero-order valence-corrected chi connectivity index (χ0v) is 10.3. The highest BCUT2D eigenvalue weighted by atomic mass is 16.5. The maximum atomic E-state index is 11.2. The smallest absolute Gasteiger partial charge is 0.337 e. The lowest BCUT2D eigenvalue weighted by atomic mass is 10.1. The molecule has 100 valence electrons. The number of anilines is 2. The predicted molar refractivity (Wildman–Crippen MR) is 69.0 cm³/mol. The fourth-order valence-electron chi connectivity index (χ4n) is 1.68. The van der Waals surface area contributed by atoms with E-state index in [0.717, 1.165) is 0 Å². The lowest BCUT2D eigenvalue weighted by Gasteiger charge is -2.25. The van der Waals surface area contributed by atoms with Gasteiger partial charge in [0.25, 0.3) is 0 Å². The quantitative estimate of drug-likeness (QED) is 0.610. The van der Waals surface area contributed by atoms with E-state index < -0.39 is 5.97 Å². The Bertz CT molecular complexity index is 409. The van der Waals surface area contributed by atoms with E-state index in [4.69, 9.17) is 20.7 Å². The average molecular weight is 254 g/mol. The second-order valence-corrected chi connectivity index (χ2v) is 3.79. The summed E-state index contributed by atoms with van der Waals surface area (Å²) in [7, 11) is 1.57. The number of benzene rings is 1. The first kappa shape index (κ1) is 14.3. The van der Waals surface area contributed by atoms with Crippen molar-refractivity contribution < 1.29 is 19.7 Å². The number of carbonyl (C=O) groups is 1. The maximum absolute atomic E-state index is 11.2. The first-order chi connectivity index (χ1) is 8.60. The van der Waals surface area contributed by atoms with Crippen molar-refractivity contribution in [1.29, 1.82) is 0 Å². The maximum Gasteiger partial charge on any atom is 0.337 e. The molecule has 1 aromatic rings. The van der Waals surface area contributed by atoms with Gasteiger partial charge in [-0.3, -0.25) is 0 Å².